The third-order valence-corrected chi connectivity index (χ3v) is 4.25. The molecule has 0 aliphatic rings. The van der Waals surface area contributed by atoms with Gasteiger partial charge in [-0.05, 0) is 23.4 Å². The first-order valence-electron chi connectivity index (χ1n) is 4.89. The fraction of sp³-hybridized carbons (Fsp3) is 0.222. The fourth-order valence-corrected chi connectivity index (χ4v) is 3.15. The van der Waals surface area contributed by atoms with Gasteiger partial charge in [-0.3, -0.25) is 0 Å². The number of anilines is 1. The lowest BCUT2D eigenvalue weighted by molar-refractivity contribution is 0.593. The van der Waals surface area contributed by atoms with Gasteiger partial charge in [0.2, 0.25) is 0 Å². The Morgan fingerprint density at radius 3 is 2.78 bits per heavy atom. The van der Waals surface area contributed by atoms with Gasteiger partial charge in [0.1, 0.15) is 5.75 Å². The van der Waals surface area contributed by atoms with E-state index in [2.05, 4.69) is 15.4 Å². The molecule has 2 N–H and O–H groups in total. The third-order valence-electron chi connectivity index (χ3n) is 2.16. The van der Waals surface area contributed by atoms with Gasteiger partial charge >= 0.3 is 0 Å². The lowest BCUT2D eigenvalue weighted by atomic mass is 10.3. The first-order valence-corrected chi connectivity index (χ1v) is 6.92. The van der Waals surface area contributed by atoms with Crippen LogP contribution in [-0.2, 0) is 22.6 Å². The summed E-state index contributed by atoms with van der Waals surface area (Å²) in [6.07, 6.45) is 0. The monoisotopic (exact) mass is 287 g/mol. The van der Waals surface area contributed by atoms with Gasteiger partial charge in [-0.15, -0.1) is 10.2 Å². The molecule has 1 aromatic heterocycles. The van der Waals surface area contributed by atoms with Crippen LogP contribution < -0.4 is 5.73 Å². The molecule has 0 spiro atoms. The maximum Gasteiger partial charge on any atom is 0.190 e. The van der Waals surface area contributed by atoms with Gasteiger partial charge in [0, 0.05) is 5.69 Å². The first-order chi connectivity index (χ1) is 8.38. The van der Waals surface area contributed by atoms with E-state index in [0.717, 1.165) is 0 Å². The zero-order valence-corrected chi connectivity index (χ0v) is 11.0. The Morgan fingerprint density at radius 2 is 2.17 bits per heavy atom. The van der Waals surface area contributed by atoms with Gasteiger partial charge in [0.05, 0.1) is 17.0 Å². The number of hydrogen-bond acceptors (Lipinski definition) is 6. The molecule has 0 radical (unpaired) electrons. The van der Waals surface area contributed by atoms with Crippen molar-refractivity contribution in [3.8, 4) is 0 Å². The fourth-order valence-electron chi connectivity index (χ4n) is 1.39. The Balaban J connectivity index is 2.39. The molecule has 2 rings (SSSR count). The first kappa shape index (κ1) is 12.8. The largest absolute Gasteiger partial charge is 0.399 e. The summed E-state index contributed by atoms with van der Waals surface area (Å²) in [5.74, 6) is -0.264. The molecule has 0 atom stereocenters. The molecule has 0 unspecified atom stereocenters. The van der Waals surface area contributed by atoms with E-state index in [1.54, 1.807) is 7.05 Å². The predicted molar refractivity (Wildman–Crippen MR) is 65.6 cm³/mol. The summed E-state index contributed by atoms with van der Waals surface area (Å²) in [7, 11) is -2.09. The highest BCUT2D eigenvalue weighted by Crippen LogP contribution is 2.25. The van der Waals surface area contributed by atoms with Crippen molar-refractivity contribution in [2.24, 2.45) is 7.05 Å². The number of nitrogens with zero attached hydrogens (tertiary/aromatic N) is 4. The van der Waals surface area contributed by atoms with Crippen LogP contribution in [0.15, 0.2) is 23.1 Å². The Bertz CT molecular complexity index is 682. The molecule has 0 saturated heterocycles. The van der Waals surface area contributed by atoms with E-state index in [-0.39, 0.29) is 21.5 Å². The van der Waals surface area contributed by atoms with Crippen LogP contribution in [0, 0.1) is 0 Å². The Labute approximate surface area is 108 Å². The number of sulfone groups is 1. The number of tetrazole rings is 1. The SMILES string of the molecule is Cn1nnc(CS(=O)(=O)c2cc(N)ccc2Cl)n1. The van der Waals surface area contributed by atoms with Gasteiger partial charge in [-0.2, -0.15) is 4.80 Å². The zero-order valence-electron chi connectivity index (χ0n) is 9.41. The van der Waals surface area contributed by atoms with Crippen molar-refractivity contribution in [1.29, 1.82) is 0 Å². The van der Waals surface area contributed by atoms with Gasteiger partial charge in [-0.25, -0.2) is 8.42 Å². The summed E-state index contributed by atoms with van der Waals surface area (Å²) in [5, 5.41) is 11.1. The highest BCUT2D eigenvalue weighted by atomic mass is 35.5. The molecule has 0 aliphatic carbocycles. The molecule has 0 aliphatic heterocycles. The molecule has 96 valence electrons. The van der Waals surface area contributed by atoms with Crippen LogP contribution in [0.4, 0.5) is 5.69 Å². The number of nitrogens with two attached hydrogens (primary N) is 1. The maximum atomic E-state index is 12.1. The number of benzene rings is 1. The van der Waals surface area contributed by atoms with Crippen LogP contribution >= 0.6 is 11.6 Å². The summed E-state index contributed by atoms with van der Waals surface area (Å²) >= 11 is 5.86. The summed E-state index contributed by atoms with van der Waals surface area (Å²) in [6.45, 7) is 0. The lowest BCUT2D eigenvalue weighted by Crippen LogP contribution is -2.08. The summed E-state index contributed by atoms with van der Waals surface area (Å²) < 4.78 is 24.3. The van der Waals surface area contributed by atoms with E-state index in [1.807, 2.05) is 0 Å². The van der Waals surface area contributed by atoms with Gasteiger partial charge in [0.15, 0.2) is 15.7 Å². The predicted octanol–water partition coefficient (Wildman–Crippen LogP) is 0.420. The molecule has 0 fully saturated rings. The number of aryl methyl sites for hydroxylation is 1. The number of rotatable bonds is 3. The second-order valence-corrected chi connectivity index (χ2v) is 6.01. The number of halogens is 1. The molecule has 9 heteroatoms. The summed E-state index contributed by atoms with van der Waals surface area (Å²) in [6, 6.07) is 4.28. The minimum atomic E-state index is -3.64. The molecule has 0 saturated carbocycles. The van der Waals surface area contributed by atoms with Crippen molar-refractivity contribution in [3.63, 3.8) is 0 Å². The standard InChI is InChI=1S/C9H10ClN5O2S/c1-15-13-9(12-14-15)5-18(16,17)8-4-6(11)2-3-7(8)10/h2-4H,5,11H2,1H3. The van der Waals surface area contributed by atoms with E-state index < -0.39 is 9.84 Å². The lowest BCUT2D eigenvalue weighted by Gasteiger charge is -2.05. The second kappa shape index (κ2) is 4.54. The summed E-state index contributed by atoms with van der Waals surface area (Å²) in [5.41, 5.74) is 5.88. The van der Waals surface area contributed by atoms with Gasteiger partial charge < -0.3 is 5.73 Å². The van der Waals surface area contributed by atoms with Crippen molar-refractivity contribution in [2.45, 2.75) is 10.6 Å². The quantitative estimate of drug-likeness (QED) is 0.821. The normalized spacial score (nSPS) is 11.7. The summed E-state index contributed by atoms with van der Waals surface area (Å²) in [4.78, 5) is 1.16. The molecule has 1 aromatic carbocycles. The Kier molecular flexibility index (Phi) is 3.22. The van der Waals surface area contributed by atoms with Crippen LogP contribution in [0.2, 0.25) is 5.02 Å². The number of nitrogen functional groups attached to an aromatic ring is 1. The average molecular weight is 288 g/mol. The van der Waals surface area contributed by atoms with Crippen molar-refractivity contribution in [3.05, 3.63) is 29.0 Å². The molecule has 18 heavy (non-hydrogen) atoms. The zero-order chi connectivity index (χ0) is 13.3. The van der Waals surface area contributed by atoms with Crippen molar-refractivity contribution >= 4 is 27.1 Å². The van der Waals surface area contributed by atoms with Gasteiger partial charge in [0.25, 0.3) is 0 Å². The molecule has 0 amide bonds. The van der Waals surface area contributed by atoms with Crippen molar-refractivity contribution < 1.29 is 8.42 Å². The smallest absolute Gasteiger partial charge is 0.190 e. The van der Waals surface area contributed by atoms with Crippen molar-refractivity contribution in [1.82, 2.24) is 20.2 Å². The molecular formula is C9H10ClN5O2S. The third kappa shape index (κ3) is 2.59. The van der Waals surface area contributed by atoms with Crippen LogP contribution in [0.1, 0.15) is 5.82 Å². The van der Waals surface area contributed by atoms with E-state index in [4.69, 9.17) is 17.3 Å². The Morgan fingerprint density at radius 1 is 1.44 bits per heavy atom. The highest BCUT2D eigenvalue weighted by molar-refractivity contribution is 7.90. The van der Waals surface area contributed by atoms with Crippen LogP contribution in [-0.4, -0.2) is 28.6 Å². The van der Waals surface area contributed by atoms with Crippen molar-refractivity contribution in [2.75, 3.05) is 5.73 Å². The molecule has 0 bridgehead atoms. The Hall–Kier alpha value is -1.67. The minimum Gasteiger partial charge on any atom is -0.399 e. The van der Waals surface area contributed by atoms with E-state index >= 15 is 0 Å². The topological polar surface area (TPSA) is 104 Å². The number of aromatic nitrogens is 4. The molecule has 2 aromatic rings. The van der Waals surface area contributed by atoms with E-state index in [1.165, 1.54) is 23.0 Å². The number of hydrogen-bond donors (Lipinski definition) is 1. The molecular weight excluding hydrogens is 278 g/mol. The second-order valence-electron chi connectivity index (χ2n) is 3.64. The molecule has 1 heterocycles. The van der Waals surface area contributed by atoms with Crippen LogP contribution in [0.5, 0.6) is 0 Å². The maximum absolute atomic E-state index is 12.1. The van der Waals surface area contributed by atoms with Crippen LogP contribution in [0.3, 0.4) is 0 Å². The van der Waals surface area contributed by atoms with Crippen LogP contribution in [0.25, 0.3) is 0 Å². The van der Waals surface area contributed by atoms with Gasteiger partial charge in [-0.1, -0.05) is 11.6 Å². The van der Waals surface area contributed by atoms with E-state index in [9.17, 15) is 8.42 Å². The molecule has 7 nitrogen and oxygen atoms in total. The highest BCUT2D eigenvalue weighted by Gasteiger charge is 2.21. The van der Waals surface area contributed by atoms with E-state index in [0.29, 0.717) is 5.69 Å². The minimum absolute atomic E-state index is 0.0309. The average Bonchev–Trinajstić information content (AvgIpc) is 2.66.